The molecule has 0 amide bonds. The lowest BCUT2D eigenvalue weighted by molar-refractivity contribution is 0.198. The lowest BCUT2D eigenvalue weighted by Gasteiger charge is -2.14. The Morgan fingerprint density at radius 2 is 2.00 bits per heavy atom. The number of ether oxygens (including phenoxy) is 2. The second-order valence-electron chi connectivity index (χ2n) is 5.09. The van der Waals surface area contributed by atoms with Crippen LogP contribution < -0.4 is 9.47 Å². The summed E-state index contributed by atoms with van der Waals surface area (Å²) in [5, 5.41) is 13.8. The second kappa shape index (κ2) is 6.58. The summed E-state index contributed by atoms with van der Waals surface area (Å²) in [7, 11) is 1.57. The number of benzene rings is 1. The normalized spacial score (nSPS) is 12.5. The first-order valence-electron chi connectivity index (χ1n) is 6.90. The van der Waals surface area contributed by atoms with E-state index in [9.17, 15) is 5.11 Å². The molecule has 0 fully saturated rings. The predicted molar refractivity (Wildman–Crippen MR) is 78.4 cm³/mol. The summed E-state index contributed by atoms with van der Waals surface area (Å²) in [6, 6.07) is 5.60. The summed E-state index contributed by atoms with van der Waals surface area (Å²) in [5.74, 6) is 1.95. The molecule has 0 radical (unpaired) electrons. The molecule has 0 saturated carbocycles. The fourth-order valence-corrected chi connectivity index (χ4v) is 2.01. The first kappa shape index (κ1) is 15.3. The highest BCUT2D eigenvalue weighted by atomic mass is 16.5. The third kappa shape index (κ3) is 3.52. The van der Waals surface area contributed by atoms with Gasteiger partial charge in [-0.1, -0.05) is 6.07 Å². The Morgan fingerprint density at radius 1 is 1.24 bits per heavy atom. The van der Waals surface area contributed by atoms with Crippen molar-refractivity contribution in [1.29, 1.82) is 0 Å². The smallest absolute Gasteiger partial charge is 0.165 e. The molecule has 0 saturated heterocycles. The van der Waals surface area contributed by atoms with E-state index in [2.05, 4.69) is 10.1 Å². The molecule has 1 aromatic carbocycles. The second-order valence-corrected chi connectivity index (χ2v) is 5.09. The average molecular weight is 291 g/mol. The summed E-state index contributed by atoms with van der Waals surface area (Å²) in [6.07, 6.45) is 0.976. The quantitative estimate of drug-likeness (QED) is 0.885. The van der Waals surface area contributed by atoms with Crippen LogP contribution in [-0.2, 0) is 6.61 Å². The van der Waals surface area contributed by atoms with Gasteiger partial charge in [-0.15, -0.1) is 0 Å². The third-order valence-electron chi connectivity index (χ3n) is 3.16. The van der Waals surface area contributed by atoms with Gasteiger partial charge in [-0.05, 0) is 38.5 Å². The van der Waals surface area contributed by atoms with Crippen LogP contribution in [0.2, 0.25) is 0 Å². The summed E-state index contributed by atoms with van der Waals surface area (Å²) < 4.78 is 12.9. The number of methoxy groups -OCH3 is 1. The molecule has 1 atom stereocenters. The molecule has 2 rings (SSSR count). The Labute approximate surface area is 124 Å². The fraction of sp³-hybridized carbons (Fsp3) is 0.467. The Morgan fingerprint density at radius 3 is 2.62 bits per heavy atom. The molecular formula is C15H21N3O3. The van der Waals surface area contributed by atoms with Gasteiger partial charge >= 0.3 is 0 Å². The van der Waals surface area contributed by atoms with Crippen molar-refractivity contribution in [2.75, 3.05) is 7.11 Å². The van der Waals surface area contributed by atoms with E-state index in [1.165, 1.54) is 6.33 Å². The summed E-state index contributed by atoms with van der Waals surface area (Å²) in [5.41, 5.74) is 0.782. The van der Waals surface area contributed by atoms with Gasteiger partial charge in [0.2, 0.25) is 0 Å². The predicted octanol–water partition coefficient (Wildman–Crippen LogP) is 2.50. The molecule has 1 N–H and O–H groups in total. The van der Waals surface area contributed by atoms with Gasteiger partial charge in [0.05, 0.1) is 13.2 Å². The van der Waals surface area contributed by atoms with E-state index in [4.69, 9.17) is 9.47 Å². The lowest BCUT2D eigenvalue weighted by Crippen LogP contribution is -2.11. The van der Waals surface area contributed by atoms with Crippen LogP contribution in [0.4, 0.5) is 0 Å². The SMILES string of the molecule is COc1cc([C@@H](C)O)ccc1OCc1ncnn1C(C)C. The number of aliphatic hydroxyl groups excluding tert-OH is 1. The van der Waals surface area contributed by atoms with E-state index in [1.807, 2.05) is 24.6 Å². The van der Waals surface area contributed by atoms with E-state index in [0.29, 0.717) is 18.1 Å². The van der Waals surface area contributed by atoms with Gasteiger partial charge in [-0.2, -0.15) is 5.10 Å². The van der Waals surface area contributed by atoms with Crippen LogP contribution in [-0.4, -0.2) is 27.0 Å². The van der Waals surface area contributed by atoms with Crippen LogP contribution in [0.15, 0.2) is 24.5 Å². The number of rotatable bonds is 6. The van der Waals surface area contributed by atoms with Crippen LogP contribution in [0, 0.1) is 0 Å². The highest BCUT2D eigenvalue weighted by molar-refractivity contribution is 5.43. The lowest BCUT2D eigenvalue weighted by atomic mass is 10.1. The van der Waals surface area contributed by atoms with Crippen LogP contribution in [0.25, 0.3) is 0 Å². The molecule has 0 aliphatic rings. The average Bonchev–Trinajstić information content (AvgIpc) is 2.93. The van der Waals surface area contributed by atoms with Crippen LogP contribution in [0.5, 0.6) is 11.5 Å². The van der Waals surface area contributed by atoms with E-state index < -0.39 is 6.10 Å². The van der Waals surface area contributed by atoms with E-state index >= 15 is 0 Å². The first-order valence-corrected chi connectivity index (χ1v) is 6.90. The highest BCUT2D eigenvalue weighted by Gasteiger charge is 2.12. The van der Waals surface area contributed by atoms with Gasteiger partial charge in [-0.3, -0.25) is 0 Å². The minimum absolute atomic E-state index is 0.227. The van der Waals surface area contributed by atoms with E-state index in [1.54, 1.807) is 26.2 Å². The van der Waals surface area contributed by atoms with Crippen LogP contribution in [0.3, 0.4) is 0 Å². The molecule has 0 spiro atoms. The fourth-order valence-electron chi connectivity index (χ4n) is 2.01. The van der Waals surface area contributed by atoms with Crippen molar-refractivity contribution >= 4 is 0 Å². The maximum Gasteiger partial charge on any atom is 0.165 e. The van der Waals surface area contributed by atoms with Crippen molar-refractivity contribution in [2.24, 2.45) is 0 Å². The monoisotopic (exact) mass is 291 g/mol. The Kier molecular flexibility index (Phi) is 4.80. The van der Waals surface area contributed by atoms with Gasteiger partial charge < -0.3 is 14.6 Å². The van der Waals surface area contributed by atoms with Gasteiger partial charge in [-0.25, -0.2) is 9.67 Å². The van der Waals surface area contributed by atoms with Gasteiger partial charge in [0.15, 0.2) is 17.3 Å². The molecule has 1 aromatic heterocycles. The van der Waals surface area contributed by atoms with E-state index in [0.717, 1.165) is 11.4 Å². The standard InChI is InChI=1S/C15H21N3O3/c1-10(2)18-15(16-9-17-18)8-21-13-6-5-12(11(3)19)7-14(13)20-4/h5-7,9-11,19H,8H2,1-4H3/t11-/m1/s1. The van der Waals surface area contributed by atoms with Crippen molar-refractivity contribution in [2.45, 2.75) is 39.5 Å². The number of hydrogen-bond acceptors (Lipinski definition) is 5. The molecule has 0 unspecified atom stereocenters. The van der Waals surface area contributed by atoms with E-state index in [-0.39, 0.29) is 6.04 Å². The van der Waals surface area contributed by atoms with Crippen molar-refractivity contribution in [1.82, 2.24) is 14.8 Å². The molecular weight excluding hydrogens is 270 g/mol. The van der Waals surface area contributed by atoms with Crippen LogP contribution in [0.1, 0.15) is 44.3 Å². The Hall–Kier alpha value is -2.08. The van der Waals surface area contributed by atoms with Crippen molar-refractivity contribution in [3.05, 3.63) is 35.9 Å². The number of hydrogen-bond donors (Lipinski definition) is 1. The zero-order chi connectivity index (χ0) is 15.4. The molecule has 114 valence electrons. The Bertz CT molecular complexity index is 594. The molecule has 6 heteroatoms. The Balaban J connectivity index is 2.14. The maximum atomic E-state index is 9.59. The molecule has 0 bridgehead atoms. The van der Waals surface area contributed by atoms with Crippen molar-refractivity contribution in [3.8, 4) is 11.5 Å². The van der Waals surface area contributed by atoms with Gasteiger partial charge in [0.1, 0.15) is 12.9 Å². The maximum absolute atomic E-state index is 9.59. The molecule has 1 heterocycles. The highest BCUT2D eigenvalue weighted by Crippen LogP contribution is 2.30. The third-order valence-corrected chi connectivity index (χ3v) is 3.16. The molecule has 2 aromatic rings. The largest absolute Gasteiger partial charge is 0.493 e. The zero-order valence-corrected chi connectivity index (χ0v) is 12.8. The number of aliphatic hydroxyl groups is 1. The number of aromatic nitrogens is 3. The summed E-state index contributed by atoms with van der Waals surface area (Å²) in [4.78, 5) is 4.20. The minimum Gasteiger partial charge on any atom is -0.493 e. The summed E-state index contributed by atoms with van der Waals surface area (Å²) >= 11 is 0. The minimum atomic E-state index is -0.544. The topological polar surface area (TPSA) is 69.4 Å². The molecule has 0 aliphatic heterocycles. The molecule has 6 nitrogen and oxygen atoms in total. The molecule has 21 heavy (non-hydrogen) atoms. The van der Waals surface area contributed by atoms with Crippen LogP contribution >= 0.6 is 0 Å². The number of nitrogens with zero attached hydrogens (tertiary/aromatic N) is 3. The summed E-state index contributed by atoms with van der Waals surface area (Å²) in [6.45, 7) is 6.09. The van der Waals surface area contributed by atoms with Crippen molar-refractivity contribution < 1.29 is 14.6 Å². The van der Waals surface area contributed by atoms with Crippen molar-refractivity contribution in [3.63, 3.8) is 0 Å². The van der Waals surface area contributed by atoms with Gasteiger partial charge in [0, 0.05) is 6.04 Å². The zero-order valence-electron chi connectivity index (χ0n) is 12.8. The first-order chi connectivity index (χ1) is 10.0. The van der Waals surface area contributed by atoms with Gasteiger partial charge in [0.25, 0.3) is 0 Å². The molecule has 0 aliphatic carbocycles.